The molecule has 0 saturated carbocycles. The SMILES string of the molecule is CC(C)c1cc(C(=O)NCCN2CCCC2)on1. The Morgan fingerprint density at radius 1 is 1.50 bits per heavy atom. The minimum atomic E-state index is -0.173. The summed E-state index contributed by atoms with van der Waals surface area (Å²) in [5, 5.41) is 6.74. The third-order valence-corrected chi connectivity index (χ3v) is 3.26. The van der Waals surface area contributed by atoms with Gasteiger partial charge in [0.1, 0.15) is 0 Å². The van der Waals surface area contributed by atoms with Crippen molar-refractivity contribution in [2.75, 3.05) is 26.2 Å². The number of carbonyl (C=O) groups excluding carboxylic acids is 1. The summed E-state index contributed by atoms with van der Waals surface area (Å²) in [5.41, 5.74) is 0.819. The Morgan fingerprint density at radius 2 is 2.22 bits per heavy atom. The molecule has 1 amide bonds. The van der Waals surface area contributed by atoms with E-state index in [1.807, 2.05) is 13.8 Å². The largest absolute Gasteiger partial charge is 0.351 e. The summed E-state index contributed by atoms with van der Waals surface area (Å²) in [7, 11) is 0. The fourth-order valence-corrected chi connectivity index (χ4v) is 2.09. The zero-order valence-corrected chi connectivity index (χ0v) is 11.1. The quantitative estimate of drug-likeness (QED) is 0.864. The molecule has 0 bridgehead atoms. The van der Waals surface area contributed by atoms with Gasteiger partial charge in [-0.15, -0.1) is 0 Å². The molecule has 0 aliphatic carbocycles. The molecule has 1 N–H and O–H groups in total. The van der Waals surface area contributed by atoms with Gasteiger partial charge in [-0.2, -0.15) is 0 Å². The highest BCUT2D eigenvalue weighted by atomic mass is 16.5. The first kappa shape index (κ1) is 13.1. The number of amides is 1. The number of hydrogen-bond donors (Lipinski definition) is 1. The minimum Gasteiger partial charge on any atom is -0.351 e. The lowest BCUT2D eigenvalue weighted by Gasteiger charge is -2.13. The van der Waals surface area contributed by atoms with Gasteiger partial charge in [-0.3, -0.25) is 4.79 Å². The molecular weight excluding hydrogens is 230 g/mol. The number of hydrogen-bond acceptors (Lipinski definition) is 4. The lowest BCUT2D eigenvalue weighted by Crippen LogP contribution is -2.33. The molecule has 0 aromatic carbocycles. The van der Waals surface area contributed by atoms with Crippen LogP contribution in [0.5, 0.6) is 0 Å². The van der Waals surface area contributed by atoms with E-state index in [2.05, 4.69) is 15.4 Å². The van der Waals surface area contributed by atoms with E-state index in [4.69, 9.17) is 4.52 Å². The first-order chi connectivity index (χ1) is 8.66. The van der Waals surface area contributed by atoms with Crippen molar-refractivity contribution in [1.29, 1.82) is 0 Å². The number of carbonyl (C=O) groups is 1. The van der Waals surface area contributed by atoms with Crippen molar-refractivity contribution in [1.82, 2.24) is 15.4 Å². The van der Waals surface area contributed by atoms with Crippen molar-refractivity contribution in [3.05, 3.63) is 17.5 Å². The summed E-state index contributed by atoms with van der Waals surface area (Å²) >= 11 is 0. The van der Waals surface area contributed by atoms with Gasteiger partial charge in [0.15, 0.2) is 0 Å². The summed E-state index contributed by atoms with van der Waals surface area (Å²) in [4.78, 5) is 14.2. The third-order valence-electron chi connectivity index (χ3n) is 3.26. The van der Waals surface area contributed by atoms with Crippen LogP contribution in [0, 0.1) is 0 Å². The van der Waals surface area contributed by atoms with Crippen molar-refractivity contribution in [3.8, 4) is 0 Å². The average Bonchev–Trinajstić information content (AvgIpc) is 2.99. The van der Waals surface area contributed by atoms with Crippen molar-refractivity contribution in [3.63, 3.8) is 0 Å². The van der Waals surface area contributed by atoms with Crippen LogP contribution in [0.25, 0.3) is 0 Å². The molecule has 1 aromatic rings. The standard InChI is InChI=1S/C13H21N3O2/c1-10(2)11-9-12(18-15-11)13(17)14-5-8-16-6-3-4-7-16/h9-10H,3-8H2,1-2H3,(H,14,17). The highest BCUT2D eigenvalue weighted by Gasteiger charge is 2.15. The minimum absolute atomic E-state index is 0.173. The molecule has 1 fully saturated rings. The Labute approximate surface area is 108 Å². The lowest BCUT2D eigenvalue weighted by molar-refractivity contribution is 0.0912. The molecule has 5 nitrogen and oxygen atoms in total. The first-order valence-corrected chi connectivity index (χ1v) is 6.64. The molecule has 2 heterocycles. The van der Waals surface area contributed by atoms with Gasteiger partial charge in [0.05, 0.1) is 5.69 Å². The summed E-state index contributed by atoms with van der Waals surface area (Å²) in [6.45, 7) is 7.92. The van der Waals surface area contributed by atoms with Gasteiger partial charge in [0.25, 0.3) is 5.91 Å². The van der Waals surface area contributed by atoms with E-state index in [-0.39, 0.29) is 11.8 Å². The second-order valence-corrected chi connectivity index (χ2v) is 5.08. The number of rotatable bonds is 5. The maximum absolute atomic E-state index is 11.8. The molecule has 5 heteroatoms. The average molecular weight is 251 g/mol. The number of likely N-dealkylation sites (tertiary alicyclic amines) is 1. The van der Waals surface area contributed by atoms with Gasteiger partial charge < -0.3 is 14.7 Å². The molecule has 1 aromatic heterocycles. The Balaban J connectivity index is 1.76. The Hall–Kier alpha value is -1.36. The van der Waals surface area contributed by atoms with Crippen LogP contribution < -0.4 is 5.32 Å². The molecule has 18 heavy (non-hydrogen) atoms. The third kappa shape index (κ3) is 3.32. The lowest BCUT2D eigenvalue weighted by atomic mass is 10.1. The highest BCUT2D eigenvalue weighted by Crippen LogP contribution is 2.13. The molecule has 0 unspecified atom stereocenters. The summed E-state index contributed by atoms with van der Waals surface area (Å²) < 4.78 is 5.03. The zero-order chi connectivity index (χ0) is 13.0. The van der Waals surface area contributed by atoms with Gasteiger partial charge in [-0.05, 0) is 31.8 Å². The van der Waals surface area contributed by atoms with Crippen molar-refractivity contribution < 1.29 is 9.32 Å². The monoisotopic (exact) mass is 251 g/mol. The summed E-state index contributed by atoms with van der Waals surface area (Å²) in [5.74, 6) is 0.411. The van der Waals surface area contributed by atoms with Crippen LogP contribution in [0.4, 0.5) is 0 Å². The molecule has 2 rings (SSSR count). The van der Waals surface area contributed by atoms with Crippen molar-refractivity contribution in [2.24, 2.45) is 0 Å². The highest BCUT2D eigenvalue weighted by molar-refractivity contribution is 5.91. The van der Waals surface area contributed by atoms with Crippen LogP contribution in [0.3, 0.4) is 0 Å². The summed E-state index contributed by atoms with van der Waals surface area (Å²) in [6, 6.07) is 1.72. The van der Waals surface area contributed by atoms with Crippen molar-refractivity contribution >= 4 is 5.91 Å². The first-order valence-electron chi connectivity index (χ1n) is 6.64. The number of nitrogens with one attached hydrogen (secondary N) is 1. The molecule has 0 spiro atoms. The van der Waals surface area contributed by atoms with Gasteiger partial charge in [-0.1, -0.05) is 19.0 Å². The van der Waals surface area contributed by atoms with Crippen LogP contribution in [0.2, 0.25) is 0 Å². The smallest absolute Gasteiger partial charge is 0.289 e. The molecule has 100 valence electrons. The number of nitrogens with zero attached hydrogens (tertiary/aromatic N) is 2. The Kier molecular flexibility index (Phi) is 4.36. The van der Waals surface area contributed by atoms with E-state index >= 15 is 0 Å². The van der Waals surface area contributed by atoms with E-state index in [1.54, 1.807) is 6.07 Å². The van der Waals surface area contributed by atoms with E-state index < -0.39 is 0 Å². The predicted molar refractivity (Wildman–Crippen MR) is 68.6 cm³/mol. The number of aromatic nitrogens is 1. The van der Waals surface area contributed by atoms with E-state index in [9.17, 15) is 4.79 Å². The summed E-state index contributed by atoms with van der Waals surface area (Å²) in [6.07, 6.45) is 2.54. The van der Waals surface area contributed by atoms with Gasteiger partial charge in [0.2, 0.25) is 5.76 Å². The zero-order valence-electron chi connectivity index (χ0n) is 11.1. The molecule has 1 aliphatic heterocycles. The maximum Gasteiger partial charge on any atom is 0.289 e. The fourth-order valence-electron chi connectivity index (χ4n) is 2.09. The molecule has 1 saturated heterocycles. The Morgan fingerprint density at radius 3 is 2.83 bits per heavy atom. The topological polar surface area (TPSA) is 58.4 Å². The molecular formula is C13H21N3O2. The van der Waals surface area contributed by atoms with Gasteiger partial charge in [-0.25, -0.2) is 0 Å². The van der Waals surface area contributed by atoms with Gasteiger partial charge in [0, 0.05) is 19.2 Å². The van der Waals surface area contributed by atoms with E-state index in [1.165, 1.54) is 12.8 Å². The normalized spacial score (nSPS) is 16.4. The molecule has 0 atom stereocenters. The van der Waals surface area contributed by atoms with Gasteiger partial charge >= 0.3 is 0 Å². The van der Waals surface area contributed by atoms with E-state index in [0.717, 1.165) is 25.3 Å². The predicted octanol–water partition coefficient (Wildman–Crippen LogP) is 1.62. The second-order valence-electron chi connectivity index (χ2n) is 5.08. The van der Waals surface area contributed by atoms with Crippen LogP contribution in [-0.2, 0) is 0 Å². The van der Waals surface area contributed by atoms with Crippen molar-refractivity contribution in [2.45, 2.75) is 32.6 Å². The second kappa shape index (κ2) is 6.00. The van der Waals surface area contributed by atoms with Crippen LogP contribution in [-0.4, -0.2) is 42.1 Å². The van der Waals surface area contributed by atoms with Crippen LogP contribution in [0.15, 0.2) is 10.6 Å². The van der Waals surface area contributed by atoms with Crippen LogP contribution >= 0.6 is 0 Å². The fraction of sp³-hybridized carbons (Fsp3) is 0.692. The Bertz CT molecular complexity index is 395. The van der Waals surface area contributed by atoms with E-state index in [0.29, 0.717) is 12.3 Å². The van der Waals surface area contributed by atoms with Crippen LogP contribution in [0.1, 0.15) is 48.9 Å². The maximum atomic E-state index is 11.8. The molecule has 1 aliphatic rings. The molecule has 0 radical (unpaired) electrons.